The number of aryl methyl sites for hydroxylation is 1. The van der Waals surface area contributed by atoms with E-state index in [-0.39, 0.29) is 12.1 Å². The van der Waals surface area contributed by atoms with Gasteiger partial charge in [-0.05, 0) is 56.1 Å². The van der Waals surface area contributed by atoms with Crippen molar-refractivity contribution in [1.29, 1.82) is 0 Å². The van der Waals surface area contributed by atoms with E-state index in [1.807, 2.05) is 6.07 Å². The molecule has 1 fully saturated rings. The summed E-state index contributed by atoms with van der Waals surface area (Å²) in [6.07, 6.45) is 8.14. The highest BCUT2D eigenvalue weighted by molar-refractivity contribution is 5.74. The van der Waals surface area contributed by atoms with Gasteiger partial charge in [-0.3, -0.25) is 0 Å². The molecule has 4 nitrogen and oxygen atoms in total. The van der Waals surface area contributed by atoms with Crippen LogP contribution in [0.15, 0.2) is 24.3 Å². The van der Waals surface area contributed by atoms with Crippen molar-refractivity contribution < 1.29 is 9.53 Å². The largest absolute Gasteiger partial charge is 0.378 e. The highest BCUT2D eigenvalue weighted by Crippen LogP contribution is 2.30. The molecule has 1 heterocycles. The Morgan fingerprint density at radius 3 is 3.00 bits per heavy atom. The fourth-order valence-electron chi connectivity index (χ4n) is 3.48. The zero-order chi connectivity index (χ0) is 15.2. The maximum atomic E-state index is 12.0. The summed E-state index contributed by atoms with van der Waals surface area (Å²) in [5.74, 6) is 0. The summed E-state index contributed by atoms with van der Waals surface area (Å²) >= 11 is 0. The Balaban J connectivity index is 1.35. The van der Waals surface area contributed by atoms with Crippen molar-refractivity contribution in [2.45, 2.75) is 57.1 Å². The third-order valence-corrected chi connectivity index (χ3v) is 4.70. The smallest absolute Gasteiger partial charge is 0.315 e. The van der Waals surface area contributed by atoms with E-state index in [1.165, 1.54) is 30.4 Å². The second-order valence-electron chi connectivity index (χ2n) is 6.32. The zero-order valence-electron chi connectivity index (χ0n) is 13.1. The third kappa shape index (κ3) is 4.01. The SMILES string of the molecule is O=C(NCCC[C@@H]1CCCCO1)N[C@H]1CCc2ccccc21. The number of carbonyl (C=O) groups excluding carboxylic acids is 1. The van der Waals surface area contributed by atoms with E-state index >= 15 is 0 Å². The van der Waals surface area contributed by atoms with Crippen LogP contribution in [0, 0.1) is 0 Å². The molecule has 0 radical (unpaired) electrons. The van der Waals surface area contributed by atoms with Crippen LogP contribution in [0.4, 0.5) is 4.79 Å². The van der Waals surface area contributed by atoms with Crippen molar-refractivity contribution in [3.05, 3.63) is 35.4 Å². The lowest BCUT2D eigenvalue weighted by atomic mass is 10.0. The Morgan fingerprint density at radius 2 is 2.14 bits per heavy atom. The van der Waals surface area contributed by atoms with Gasteiger partial charge in [-0.25, -0.2) is 4.79 Å². The van der Waals surface area contributed by atoms with Crippen molar-refractivity contribution in [2.24, 2.45) is 0 Å². The molecule has 22 heavy (non-hydrogen) atoms. The molecule has 120 valence electrons. The molecule has 0 saturated carbocycles. The van der Waals surface area contributed by atoms with Crippen LogP contribution in [0.3, 0.4) is 0 Å². The number of nitrogens with one attached hydrogen (secondary N) is 2. The molecule has 1 saturated heterocycles. The third-order valence-electron chi connectivity index (χ3n) is 4.70. The standard InChI is InChI=1S/C18H26N2O2/c21-18(19-12-5-8-15-7-3-4-13-22-15)20-17-11-10-14-6-1-2-9-16(14)17/h1-2,6,9,15,17H,3-5,7-8,10-13H2,(H2,19,20,21)/t15-,17-/m0/s1. The molecule has 1 aliphatic heterocycles. The maximum absolute atomic E-state index is 12.0. The normalized spacial score (nSPS) is 23.8. The zero-order valence-corrected chi connectivity index (χ0v) is 13.1. The molecule has 2 aliphatic rings. The number of rotatable bonds is 5. The van der Waals surface area contributed by atoms with E-state index < -0.39 is 0 Å². The average Bonchev–Trinajstić information content (AvgIpc) is 2.96. The quantitative estimate of drug-likeness (QED) is 0.820. The number of fused-ring (bicyclic) bond motifs is 1. The predicted molar refractivity (Wildman–Crippen MR) is 86.9 cm³/mol. The molecule has 0 bridgehead atoms. The molecule has 0 spiro atoms. The number of amides is 2. The van der Waals surface area contributed by atoms with Gasteiger partial charge in [-0.15, -0.1) is 0 Å². The van der Waals surface area contributed by atoms with E-state index in [0.29, 0.717) is 6.10 Å². The van der Waals surface area contributed by atoms with Gasteiger partial charge in [0.15, 0.2) is 0 Å². The number of carbonyl (C=O) groups is 1. The topological polar surface area (TPSA) is 50.4 Å². The minimum absolute atomic E-state index is 0.0498. The maximum Gasteiger partial charge on any atom is 0.315 e. The monoisotopic (exact) mass is 302 g/mol. The van der Waals surface area contributed by atoms with E-state index in [4.69, 9.17) is 4.74 Å². The Hall–Kier alpha value is -1.55. The first kappa shape index (κ1) is 15.3. The molecular weight excluding hydrogens is 276 g/mol. The van der Waals surface area contributed by atoms with Crippen molar-refractivity contribution >= 4 is 6.03 Å². The van der Waals surface area contributed by atoms with Crippen LogP contribution in [0.25, 0.3) is 0 Å². The molecular formula is C18H26N2O2. The average molecular weight is 302 g/mol. The summed E-state index contributed by atoms with van der Waals surface area (Å²) in [5.41, 5.74) is 2.63. The molecule has 3 rings (SSSR count). The fraction of sp³-hybridized carbons (Fsp3) is 0.611. The first-order chi connectivity index (χ1) is 10.8. The molecule has 0 unspecified atom stereocenters. The first-order valence-corrected chi connectivity index (χ1v) is 8.57. The molecule has 2 atom stereocenters. The van der Waals surface area contributed by atoms with Crippen LogP contribution in [0.1, 0.15) is 55.7 Å². The van der Waals surface area contributed by atoms with E-state index in [0.717, 1.165) is 38.8 Å². The van der Waals surface area contributed by atoms with Gasteiger partial charge < -0.3 is 15.4 Å². The second kappa shape index (κ2) is 7.63. The van der Waals surface area contributed by atoms with Gasteiger partial charge >= 0.3 is 6.03 Å². The lowest BCUT2D eigenvalue weighted by molar-refractivity contribution is 0.0103. The van der Waals surface area contributed by atoms with E-state index in [1.54, 1.807) is 0 Å². The van der Waals surface area contributed by atoms with Crippen LogP contribution < -0.4 is 10.6 Å². The van der Waals surface area contributed by atoms with Crippen molar-refractivity contribution in [1.82, 2.24) is 10.6 Å². The minimum Gasteiger partial charge on any atom is -0.378 e. The van der Waals surface area contributed by atoms with Gasteiger partial charge in [0.2, 0.25) is 0 Å². The van der Waals surface area contributed by atoms with Crippen LogP contribution >= 0.6 is 0 Å². The lowest BCUT2D eigenvalue weighted by Gasteiger charge is -2.22. The molecule has 2 amide bonds. The number of hydrogen-bond donors (Lipinski definition) is 2. The summed E-state index contributed by atoms with van der Waals surface area (Å²) in [5, 5.41) is 6.07. The van der Waals surface area contributed by atoms with Crippen LogP contribution in [-0.4, -0.2) is 25.3 Å². The fourth-order valence-corrected chi connectivity index (χ4v) is 3.48. The number of benzene rings is 1. The summed E-state index contributed by atoms with van der Waals surface area (Å²) in [6.45, 7) is 1.62. The number of ether oxygens (including phenoxy) is 1. The highest BCUT2D eigenvalue weighted by atomic mass is 16.5. The summed E-state index contributed by atoms with van der Waals surface area (Å²) < 4.78 is 5.70. The van der Waals surface area contributed by atoms with Crippen molar-refractivity contribution in [2.75, 3.05) is 13.2 Å². The highest BCUT2D eigenvalue weighted by Gasteiger charge is 2.23. The number of urea groups is 1. The van der Waals surface area contributed by atoms with Crippen LogP contribution in [0.2, 0.25) is 0 Å². The Labute approximate surface area is 132 Å². The van der Waals surface area contributed by atoms with Crippen LogP contribution in [-0.2, 0) is 11.2 Å². The van der Waals surface area contributed by atoms with Gasteiger partial charge in [0.05, 0.1) is 12.1 Å². The van der Waals surface area contributed by atoms with Gasteiger partial charge in [0, 0.05) is 13.2 Å². The van der Waals surface area contributed by atoms with Crippen molar-refractivity contribution in [3.63, 3.8) is 0 Å². The molecule has 1 aromatic carbocycles. The Kier molecular flexibility index (Phi) is 5.33. The number of hydrogen-bond acceptors (Lipinski definition) is 2. The summed E-state index contributed by atoms with van der Waals surface area (Å²) in [7, 11) is 0. The summed E-state index contributed by atoms with van der Waals surface area (Å²) in [4.78, 5) is 12.0. The van der Waals surface area contributed by atoms with E-state index in [2.05, 4.69) is 28.8 Å². The molecule has 2 N–H and O–H groups in total. The summed E-state index contributed by atoms with van der Waals surface area (Å²) in [6, 6.07) is 8.49. The van der Waals surface area contributed by atoms with Crippen molar-refractivity contribution in [3.8, 4) is 0 Å². The molecule has 1 aromatic rings. The lowest BCUT2D eigenvalue weighted by Crippen LogP contribution is -2.38. The minimum atomic E-state index is -0.0498. The van der Waals surface area contributed by atoms with Gasteiger partial charge in [-0.2, -0.15) is 0 Å². The Bertz CT molecular complexity index is 498. The molecule has 1 aliphatic carbocycles. The van der Waals surface area contributed by atoms with Crippen LogP contribution in [0.5, 0.6) is 0 Å². The second-order valence-corrected chi connectivity index (χ2v) is 6.32. The molecule has 0 aromatic heterocycles. The van der Waals surface area contributed by atoms with Gasteiger partial charge in [0.1, 0.15) is 0 Å². The predicted octanol–water partition coefficient (Wildman–Crippen LogP) is 3.32. The van der Waals surface area contributed by atoms with Gasteiger partial charge in [0.25, 0.3) is 0 Å². The molecule has 4 heteroatoms. The Morgan fingerprint density at radius 1 is 1.23 bits per heavy atom. The van der Waals surface area contributed by atoms with E-state index in [9.17, 15) is 4.79 Å². The first-order valence-electron chi connectivity index (χ1n) is 8.57. The van der Waals surface area contributed by atoms with Gasteiger partial charge in [-0.1, -0.05) is 24.3 Å².